The van der Waals surface area contributed by atoms with Gasteiger partial charge in [-0.25, -0.2) is 0 Å². The van der Waals surface area contributed by atoms with Crippen molar-refractivity contribution in [1.82, 2.24) is 5.32 Å². The molecule has 1 aliphatic rings. The highest BCUT2D eigenvalue weighted by atomic mass is 16.5. The van der Waals surface area contributed by atoms with Crippen LogP contribution in [0, 0.1) is 18.8 Å². The van der Waals surface area contributed by atoms with Crippen LogP contribution in [0.1, 0.15) is 24.5 Å². The lowest BCUT2D eigenvalue weighted by molar-refractivity contribution is -0.150. The Hall–Kier alpha value is -1.84. The molecule has 1 fully saturated rings. The molecule has 0 aliphatic heterocycles. The first-order chi connectivity index (χ1) is 9.08. The molecule has 0 aromatic heterocycles. The highest BCUT2D eigenvalue weighted by molar-refractivity contribution is 5.82. The predicted molar refractivity (Wildman–Crippen MR) is 71.3 cm³/mol. The van der Waals surface area contributed by atoms with Crippen molar-refractivity contribution in [3.8, 4) is 0 Å². The van der Waals surface area contributed by atoms with Crippen LogP contribution in [-0.4, -0.2) is 18.5 Å². The van der Waals surface area contributed by atoms with E-state index in [0.29, 0.717) is 12.5 Å². The van der Waals surface area contributed by atoms with Gasteiger partial charge < -0.3 is 10.1 Å². The lowest BCUT2D eigenvalue weighted by atomic mass is 10.1. The second kappa shape index (κ2) is 5.87. The zero-order valence-corrected chi connectivity index (χ0v) is 11.3. The van der Waals surface area contributed by atoms with Crippen LogP contribution in [0.25, 0.3) is 0 Å². The van der Waals surface area contributed by atoms with Crippen LogP contribution in [-0.2, 0) is 20.9 Å². The molecular weight excluding hydrogens is 242 g/mol. The Labute approximate surface area is 113 Å². The Balaban J connectivity index is 1.70. The van der Waals surface area contributed by atoms with Gasteiger partial charge in [0.05, 0.1) is 5.92 Å². The molecule has 0 bridgehead atoms. The van der Waals surface area contributed by atoms with E-state index >= 15 is 0 Å². The summed E-state index contributed by atoms with van der Waals surface area (Å²) in [6.07, 6.45) is 0.879. The highest BCUT2D eigenvalue weighted by Crippen LogP contribution is 2.38. The summed E-state index contributed by atoms with van der Waals surface area (Å²) >= 11 is 0. The van der Waals surface area contributed by atoms with Gasteiger partial charge in [-0.1, -0.05) is 31.2 Å². The third-order valence-corrected chi connectivity index (χ3v) is 3.50. The van der Waals surface area contributed by atoms with E-state index in [9.17, 15) is 9.59 Å². The molecule has 0 radical (unpaired) electrons. The average molecular weight is 261 g/mol. The number of hydrogen-bond donors (Lipinski definition) is 1. The first-order valence-electron chi connectivity index (χ1n) is 6.55. The molecule has 0 heterocycles. The molecule has 4 nitrogen and oxygen atoms in total. The molecule has 0 saturated heterocycles. The molecule has 1 aromatic rings. The normalized spacial score (nSPS) is 20.7. The molecule has 102 valence electrons. The van der Waals surface area contributed by atoms with Gasteiger partial charge >= 0.3 is 5.97 Å². The molecule has 1 aliphatic carbocycles. The van der Waals surface area contributed by atoms with Crippen molar-refractivity contribution in [2.45, 2.75) is 26.8 Å². The van der Waals surface area contributed by atoms with E-state index in [4.69, 9.17) is 4.74 Å². The topological polar surface area (TPSA) is 55.4 Å². The van der Waals surface area contributed by atoms with Crippen LogP contribution in [0.4, 0.5) is 0 Å². The summed E-state index contributed by atoms with van der Waals surface area (Å²) in [6, 6.07) is 7.85. The molecule has 0 unspecified atom stereocenters. The van der Waals surface area contributed by atoms with Crippen molar-refractivity contribution in [1.29, 1.82) is 0 Å². The Morgan fingerprint density at radius 1 is 1.37 bits per heavy atom. The number of esters is 1. The molecule has 1 amide bonds. The van der Waals surface area contributed by atoms with Crippen molar-refractivity contribution in [2.24, 2.45) is 11.8 Å². The number of amides is 1. The number of hydrogen-bond acceptors (Lipinski definition) is 3. The molecule has 1 saturated carbocycles. The summed E-state index contributed by atoms with van der Waals surface area (Å²) in [7, 11) is 0. The number of aryl methyl sites for hydroxylation is 1. The first-order valence-corrected chi connectivity index (χ1v) is 6.55. The molecule has 2 atom stereocenters. The zero-order chi connectivity index (χ0) is 13.8. The fourth-order valence-corrected chi connectivity index (χ4v) is 1.95. The van der Waals surface area contributed by atoms with Crippen LogP contribution in [0.2, 0.25) is 0 Å². The van der Waals surface area contributed by atoms with E-state index < -0.39 is 0 Å². The number of carbonyl (C=O) groups excluding carboxylic acids is 2. The summed E-state index contributed by atoms with van der Waals surface area (Å²) in [5.41, 5.74) is 2.20. The number of nitrogens with one attached hydrogen (secondary N) is 1. The maximum Gasteiger partial charge on any atom is 0.309 e. The van der Waals surface area contributed by atoms with Crippen LogP contribution >= 0.6 is 0 Å². The standard InChI is InChI=1S/C15H19NO3/c1-10-5-3-4-6-12(10)8-16-14(17)9-19-15(18)13-7-11(13)2/h3-6,11,13H,7-9H2,1-2H3,(H,16,17)/t11-,13-/m1/s1. The number of benzene rings is 1. The number of carbonyl (C=O) groups is 2. The van der Waals surface area contributed by atoms with E-state index in [1.807, 2.05) is 38.1 Å². The predicted octanol–water partition coefficient (Wildman–Crippen LogP) is 1.81. The third-order valence-electron chi connectivity index (χ3n) is 3.50. The van der Waals surface area contributed by atoms with Crippen molar-refractivity contribution >= 4 is 11.9 Å². The Morgan fingerprint density at radius 3 is 2.68 bits per heavy atom. The summed E-state index contributed by atoms with van der Waals surface area (Å²) in [5.74, 6) is -0.102. The minimum atomic E-state index is -0.259. The van der Waals surface area contributed by atoms with Crippen LogP contribution < -0.4 is 5.32 Å². The van der Waals surface area contributed by atoms with E-state index in [2.05, 4.69) is 5.32 Å². The molecule has 19 heavy (non-hydrogen) atoms. The Kier molecular flexibility index (Phi) is 4.20. The zero-order valence-electron chi connectivity index (χ0n) is 11.3. The van der Waals surface area contributed by atoms with Crippen molar-refractivity contribution in [3.63, 3.8) is 0 Å². The van der Waals surface area contributed by atoms with Gasteiger partial charge in [-0.3, -0.25) is 9.59 Å². The molecule has 4 heteroatoms. The fraction of sp³-hybridized carbons (Fsp3) is 0.467. The summed E-state index contributed by atoms with van der Waals surface area (Å²) < 4.78 is 4.97. The molecule has 1 aromatic carbocycles. The van der Waals surface area contributed by atoms with Crippen LogP contribution in [0.15, 0.2) is 24.3 Å². The van der Waals surface area contributed by atoms with Gasteiger partial charge in [-0.15, -0.1) is 0 Å². The fourth-order valence-electron chi connectivity index (χ4n) is 1.95. The Morgan fingerprint density at radius 2 is 2.05 bits per heavy atom. The monoisotopic (exact) mass is 261 g/mol. The van der Waals surface area contributed by atoms with E-state index in [1.165, 1.54) is 0 Å². The van der Waals surface area contributed by atoms with Crippen LogP contribution in [0.5, 0.6) is 0 Å². The maximum absolute atomic E-state index is 11.6. The van der Waals surface area contributed by atoms with Gasteiger partial charge in [0.25, 0.3) is 5.91 Å². The summed E-state index contributed by atoms with van der Waals surface area (Å²) in [5, 5.41) is 2.75. The third kappa shape index (κ3) is 3.81. The van der Waals surface area contributed by atoms with E-state index in [-0.39, 0.29) is 24.4 Å². The van der Waals surface area contributed by atoms with Crippen molar-refractivity contribution in [3.05, 3.63) is 35.4 Å². The smallest absolute Gasteiger partial charge is 0.309 e. The minimum Gasteiger partial charge on any atom is -0.455 e. The molecule has 0 spiro atoms. The van der Waals surface area contributed by atoms with Gasteiger partial charge in [0, 0.05) is 6.54 Å². The van der Waals surface area contributed by atoms with E-state index in [0.717, 1.165) is 17.5 Å². The van der Waals surface area contributed by atoms with Crippen molar-refractivity contribution < 1.29 is 14.3 Å². The quantitative estimate of drug-likeness (QED) is 0.822. The maximum atomic E-state index is 11.6. The average Bonchev–Trinajstić information content (AvgIpc) is 3.12. The summed E-state index contributed by atoms with van der Waals surface area (Å²) in [4.78, 5) is 23.0. The van der Waals surface area contributed by atoms with Crippen LogP contribution in [0.3, 0.4) is 0 Å². The lowest BCUT2D eigenvalue weighted by Gasteiger charge is -2.08. The van der Waals surface area contributed by atoms with Gasteiger partial charge in [0.1, 0.15) is 0 Å². The molecule has 1 N–H and O–H groups in total. The van der Waals surface area contributed by atoms with Gasteiger partial charge in [0.2, 0.25) is 0 Å². The number of rotatable bonds is 5. The SMILES string of the molecule is Cc1ccccc1CNC(=O)COC(=O)[C@@H]1C[C@H]1C. The molecule has 2 rings (SSSR count). The Bertz CT molecular complexity index is 484. The first kappa shape index (κ1) is 13.6. The summed E-state index contributed by atoms with van der Waals surface area (Å²) in [6.45, 7) is 4.27. The largest absolute Gasteiger partial charge is 0.455 e. The van der Waals surface area contributed by atoms with Gasteiger partial charge in [-0.2, -0.15) is 0 Å². The number of ether oxygens (including phenoxy) is 1. The minimum absolute atomic E-state index is 0.00386. The highest BCUT2D eigenvalue weighted by Gasteiger charge is 2.40. The lowest BCUT2D eigenvalue weighted by Crippen LogP contribution is -2.29. The van der Waals surface area contributed by atoms with Crippen molar-refractivity contribution in [2.75, 3.05) is 6.61 Å². The van der Waals surface area contributed by atoms with Gasteiger partial charge in [0.15, 0.2) is 6.61 Å². The molecular formula is C15H19NO3. The second-order valence-electron chi connectivity index (χ2n) is 5.13. The van der Waals surface area contributed by atoms with E-state index in [1.54, 1.807) is 0 Å². The second-order valence-corrected chi connectivity index (χ2v) is 5.13. The van der Waals surface area contributed by atoms with Gasteiger partial charge in [-0.05, 0) is 30.4 Å².